The molecule has 1 heterocycles. The van der Waals surface area contributed by atoms with Gasteiger partial charge >= 0.3 is 12.2 Å². The standard InChI is InChI=1S/C33H37F3N4O4/c1-22(2)19-40(32(42)38-26-9-7-8-25(17-26)33(34,35)36)21-31(41)39(20-23-12-13-29(43-3)30(16-23)44-4)15-14-24-18-37-28-11-6-5-10-27(24)28/h5-13,16-18,22,37H,14-15,19-21H2,1-4H3,(H,38,42). The summed E-state index contributed by atoms with van der Waals surface area (Å²) in [5.74, 6) is 0.776. The van der Waals surface area contributed by atoms with Gasteiger partial charge in [-0.3, -0.25) is 4.79 Å². The zero-order valence-electron chi connectivity index (χ0n) is 25.2. The summed E-state index contributed by atoms with van der Waals surface area (Å²) in [6.07, 6.45) is -2.06. The van der Waals surface area contributed by atoms with Crippen LogP contribution in [0.3, 0.4) is 0 Å². The number of aromatic amines is 1. The first kappa shape index (κ1) is 32.2. The van der Waals surface area contributed by atoms with E-state index >= 15 is 0 Å². The van der Waals surface area contributed by atoms with Crippen LogP contribution >= 0.6 is 0 Å². The second-order valence-electron chi connectivity index (χ2n) is 10.9. The van der Waals surface area contributed by atoms with E-state index in [2.05, 4.69) is 10.3 Å². The van der Waals surface area contributed by atoms with Gasteiger partial charge in [-0.1, -0.05) is 44.2 Å². The molecule has 2 N–H and O–H groups in total. The Kier molecular flexibility index (Phi) is 10.4. The Labute approximate surface area is 254 Å². The van der Waals surface area contributed by atoms with Crippen LogP contribution in [0.4, 0.5) is 23.7 Å². The van der Waals surface area contributed by atoms with Gasteiger partial charge in [-0.2, -0.15) is 13.2 Å². The van der Waals surface area contributed by atoms with Crippen LogP contribution < -0.4 is 14.8 Å². The number of alkyl halides is 3. The van der Waals surface area contributed by atoms with Crippen molar-refractivity contribution in [3.8, 4) is 11.5 Å². The third-order valence-electron chi connectivity index (χ3n) is 7.14. The van der Waals surface area contributed by atoms with Crippen molar-refractivity contribution in [1.29, 1.82) is 0 Å². The molecule has 1 aromatic heterocycles. The number of methoxy groups -OCH3 is 2. The van der Waals surface area contributed by atoms with E-state index in [9.17, 15) is 22.8 Å². The zero-order chi connectivity index (χ0) is 31.9. The maximum atomic E-state index is 13.9. The lowest BCUT2D eigenvalue weighted by molar-refractivity contribution is -0.137. The number of ether oxygens (including phenoxy) is 2. The quantitative estimate of drug-likeness (QED) is 0.182. The van der Waals surface area contributed by atoms with Gasteiger partial charge in [0, 0.05) is 42.4 Å². The number of rotatable bonds is 12. The fourth-order valence-corrected chi connectivity index (χ4v) is 4.98. The molecule has 3 aromatic carbocycles. The molecule has 234 valence electrons. The number of nitrogens with one attached hydrogen (secondary N) is 2. The monoisotopic (exact) mass is 610 g/mol. The summed E-state index contributed by atoms with van der Waals surface area (Å²) < 4.78 is 50.5. The van der Waals surface area contributed by atoms with Crippen molar-refractivity contribution in [2.75, 3.05) is 39.2 Å². The third-order valence-corrected chi connectivity index (χ3v) is 7.14. The number of para-hydroxylation sites is 1. The molecule has 0 unspecified atom stereocenters. The number of halogens is 3. The summed E-state index contributed by atoms with van der Waals surface area (Å²) in [5, 5.41) is 3.60. The summed E-state index contributed by atoms with van der Waals surface area (Å²) in [5.41, 5.74) is 1.97. The number of carbonyl (C=O) groups excluding carboxylic acids is 2. The molecule has 4 aromatic rings. The number of fused-ring (bicyclic) bond motifs is 1. The highest BCUT2D eigenvalue weighted by Crippen LogP contribution is 2.31. The number of aromatic nitrogens is 1. The smallest absolute Gasteiger partial charge is 0.416 e. The summed E-state index contributed by atoms with van der Waals surface area (Å²) in [7, 11) is 3.08. The first-order valence-corrected chi connectivity index (χ1v) is 14.2. The van der Waals surface area contributed by atoms with Crippen LogP contribution in [-0.4, -0.2) is 60.6 Å². The van der Waals surface area contributed by atoms with E-state index in [1.807, 2.05) is 50.4 Å². The number of amides is 3. The molecule has 0 saturated heterocycles. The SMILES string of the molecule is COc1ccc(CN(CCc2c[nH]c3ccccc23)C(=O)CN(CC(C)C)C(=O)Nc2cccc(C(F)(F)F)c2)cc1OC. The van der Waals surface area contributed by atoms with Crippen LogP contribution in [0, 0.1) is 5.92 Å². The van der Waals surface area contributed by atoms with Crippen LogP contribution in [0.15, 0.2) is 72.9 Å². The minimum absolute atomic E-state index is 0.000536. The Balaban J connectivity index is 1.56. The van der Waals surface area contributed by atoms with Gasteiger partial charge in [0.1, 0.15) is 6.54 Å². The summed E-state index contributed by atoms with van der Waals surface area (Å²) >= 11 is 0. The topological polar surface area (TPSA) is 86.9 Å². The van der Waals surface area contributed by atoms with Gasteiger partial charge in [0.15, 0.2) is 11.5 Å². The minimum Gasteiger partial charge on any atom is -0.493 e. The van der Waals surface area contributed by atoms with Gasteiger partial charge < -0.3 is 29.6 Å². The lowest BCUT2D eigenvalue weighted by Gasteiger charge is -2.29. The van der Waals surface area contributed by atoms with Crippen molar-refractivity contribution >= 4 is 28.5 Å². The number of hydrogen-bond acceptors (Lipinski definition) is 4. The number of nitrogens with zero attached hydrogens (tertiary/aromatic N) is 2. The fourth-order valence-electron chi connectivity index (χ4n) is 4.98. The van der Waals surface area contributed by atoms with Gasteiger partial charge in [0.2, 0.25) is 5.91 Å². The number of anilines is 1. The van der Waals surface area contributed by atoms with Crippen LogP contribution in [0.1, 0.15) is 30.5 Å². The second kappa shape index (κ2) is 14.2. The summed E-state index contributed by atoms with van der Waals surface area (Å²) in [6.45, 7) is 4.36. The predicted octanol–water partition coefficient (Wildman–Crippen LogP) is 6.97. The van der Waals surface area contributed by atoms with Crippen LogP contribution in [0.2, 0.25) is 0 Å². The van der Waals surface area contributed by atoms with Crippen molar-refractivity contribution in [2.24, 2.45) is 5.92 Å². The van der Waals surface area contributed by atoms with Gasteiger partial charge in [-0.15, -0.1) is 0 Å². The van der Waals surface area contributed by atoms with Crippen LogP contribution in [0.5, 0.6) is 11.5 Å². The Morgan fingerprint density at radius 3 is 2.39 bits per heavy atom. The molecule has 0 bridgehead atoms. The van der Waals surface area contributed by atoms with Gasteiger partial charge in [0.25, 0.3) is 0 Å². The van der Waals surface area contributed by atoms with Gasteiger partial charge in [-0.25, -0.2) is 4.79 Å². The highest BCUT2D eigenvalue weighted by Gasteiger charge is 2.31. The molecule has 8 nitrogen and oxygen atoms in total. The molecule has 11 heteroatoms. The average Bonchev–Trinajstić information content (AvgIpc) is 3.41. The van der Waals surface area contributed by atoms with E-state index in [4.69, 9.17) is 9.47 Å². The van der Waals surface area contributed by atoms with Crippen LogP contribution in [-0.2, 0) is 23.9 Å². The number of urea groups is 1. The Morgan fingerprint density at radius 2 is 1.68 bits per heavy atom. The highest BCUT2D eigenvalue weighted by atomic mass is 19.4. The molecule has 0 radical (unpaired) electrons. The van der Waals surface area contributed by atoms with Crippen molar-refractivity contribution in [2.45, 2.75) is 33.0 Å². The van der Waals surface area contributed by atoms with E-state index in [-0.39, 0.29) is 37.1 Å². The molecule has 0 spiro atoms. The molecule has 3 amide bonds. The number of H-pyrrole nitrogens is 1. The molecule has 4 rings (SSSR count). The molecular weight excluding hydrogens is 573 g/mol. The van der Waals surface area contributed by atoms with Crippen molar-refractivity contribution in [1.82, 2.24) is 14.8 Å². The van der Waals surface area contributed by atoms with E-state index < -0.39 is 17.8 Å². The van der Waals surface area contributed by atoms with E-state index in [0.717, 1.165) is 34.2 Å². The van der Waals surface area contributed by atoms with Crippen molar-refractivity contribution in [3.63, 3.8) is 0 Å². The number of carbonyl (C=O) groups is 2. The predicted molar refractivity (Wildman–Crippen MR) is 164 cm³/mol. The molecular formula is C33H37F3N4O4. The second-order valence-corrected chi connectivity index (χ2v) is 10.9. The summed E-state index contributed by atoms with van der Waals surface area (Å²) in [6, 6.07) is 17.1. The van der Waals surface area contributed by atoms with Gasteiger partial charge in [0.05, 0.1) is 19.8 Å². The lowest BCUT2D eigenvalue weighted by Crippen LogP contribution is -2.46. The first-order chi connectivity index (χ1) is 21.0. The molecule has 0 saturated carbocycles. The molecule has 44 heavy (non-hydrogen) atoms. The molecule has 0 fully saturated rings. The molecule has 0 aliphatic rings. The molecule has 0 aliphatic carbocycles. The van der Waals surface area contributed by atoms with E-state index in [1.165, 1.54) is 24.1 Å². The minimum atomic E-state index is -4.55. The maximum Gasteiger partial charge on any atom is 0.416 e. The average molecular weight is 611 g/mol. The number of benzene rings is 3. The van der Waals surface area contributed by atoms with Crippen molar-refractivity contribution < 1.29 is 32.2 Å². The molecule has 0 atom stereocenters. The van der Waals surface area contributed by atoms with Gasteiger partial charge in [-0.05, 0) is 59.9 Å². The Hall–Kier alpha value is -4.67. The molecule has 0 aliphatic heterocycles. The Bertz CT molecular complexity index is 1580. The van der Waals surface area contributed by atoms with E-state index in [1.54, 1.807) is 24.1 Å². The largest absolute Gasteiger partial charge is 0.493 e. The normalized spacial score (nSPS) is 11.5. The first-order valence-electron chi connectivity index (χ1n) is 14.2. The summed E-state index contributed by atoms with van der Waals surface area (Å²) in [4.78, 5) is 33.4. The fraction of sp³-hybridized carbons (Fsp3) is 0.333. The Morgan fingerprint density at radius 1 is 0.932 bits per heavy atom. The van der Waals surface area contributed by atoms with Crippen LogP contribution in [0.25, 0.3) is 10.9 Å². The van der Waals surface area contributed by atoms with E-state index in [0.29, 0.717) is 24.5 Å². The third kappa shape index (κ3) is 8.24. The number of hydrogen-bond donors (Lipinski definition) is 2. The highest BCUT2D eigenvalue weighted by molar-refractivity contribution is 5.92. The zero-order valence-corrected chi connectivity index (χ0v) is 25.2. The lowest BCUT2D eigenvalue weighted by atomic mass is 10.1. The maximum absolute atomic E-state index is 13.9. The van der Waals surface area contributed by atoms with Crippen molar-refractivity contribution in [3.05, 3.63) is 89.6 Å².